The molecule has 0 aromatic carbocycles. The summed E-state index contributed by atoms with van der Waals surface area (Å²) in [5.41, 5.74) is 0. The third-order valence-electron chi connectivity index (χ3n) is 12.5. The molecular formula is C67H110O6. The van der Waals surface area contributed by atoms with Crippen molar-refractivity contribution in [3.05, 3.63) is 122 Å². The van der Waals surface area contributed by atoms with Crippen LogP contribution in [0.4, 0.5) is 0 Å². The molecule has 0 rings (SSSR count). The van der Waals surface area contributed by atoms with Crippen molar-refractivity contribution in [3.8, 4) is 0 Å². The van der Waals surface area contributed by atoms with Crippen molar-refractivity contribution in [1.29, 1.82) is 0 Å². The number of rotatable bonds is 53. The summed E-state index contributed by atoms with van der Waals surface area (Å²) >= 11 is 0. The summed E-state index contributed by atoms with van der Waals surface area (Å²) in [6.07, 6.45) is 83.5. The fraction of sp³-hybridized carbons (Fsp3) is 0.657. The number of hydrogen-bond donors (Lipinski definition) is 0. The van der Waals surface area contributed by atoms with Crippen molar-refractivity contribution in [2.75, 3.05) is 13.2 Å². The van der Waals surface area contributed by atoms with E-state index in [0.29, 0.717) is 19.3 Å². The van der Waals surface area contributed by atoms with Crippen LogP contribution in [0, 0.1) is 0 Å². The Morgan fingerprint density at radius 3 is 0.945 bits per heavy atom. The Kier molecular flexibility index (Phi) is 56.9. The molecule has 0 aromatic rings. The number of esters is 3. The van der Waals surface area contributed by atoms with E-state index < -0.39 is 6.10 Å². The predicted molar refractivity (Wildman–Crippen MR) is 316 cm³/mol. The lowest BCUT2D eigenvalue weighted by molar-refractivity contribution is -0.167. The number of carbonyl (C=O) groups excluding carboxylic acids is 3. The monoisotopic (exact) mass is 1010 g/mol. The Labute approximate surface area is 450 Å². The molecule has 0 aliphatic heterocycles. The molecule has 6 heteroatoms. The molecule has 0 fully saturated rings. The fourth-order valence-corrected chi connectivity index (χ4v) is 7.95. The zero-order chi connectivity index (χ0) is 52.9. The van der Waals surface area contributed by atoms with E-state index in [1.807, 2.05) is 0 Å². The molecule has 6 nitrogen and oxygen atoms in total. The molecule has 0 aliphatic carbocycles. The van der Waals surface area contributed by atoms with Gasteiger partial charge in [-0.2, -0.15) is 0 Å². The molecule has 0 aliphatic rings. The molecule has 0 aromatic heterocycles. The van der Waals surface area contributed by atoms with Gasteiger partial charge in [-0.1, -0.05) is 264 Å². The predicted octanol–water partition coefficient (Wildman–Crippen LogP) is 20.4. The van der Waals surface area contributed by atoms with Gasteiger partial charge in [0.15, 0.2) is 6.10 Å². The Balaban J connectivity index is 4.39. The molecule has 0 N–H and O–H groups in total. The maximum absolute atomic E-state index is 12.8. The van der Waals surface area contributed by atoms with Gasteiger partial charge in [0.1, 0.15) is 13.2 Å². The van der Waals surface area contributed by atoms with Crippen LogP contribution in [0.5, 0.6) is 0 Å². The molecule has 1 atom stereocenters. The Bertz CT molecular complexity index is 1540. The van der Waals surface area contributed by atoms with E-state index in [9.17, 15) is 14.4 Å². The average molecular weight is 1010 g/mol. The van der Waals surface area contributed by atoms with Crippen LogP contribution < -0.4 is 0 Å². The number of allylic oxidation sites excluding steroid dienone is 20. The van der Waals surface area contributed by atoms with Crippen molar-refractivity contribution in [2.24, 2.45) is 0 Å². The molecule has 73 heavy (non-hydrogen) atoms. The van der Waals surface area contributed by atoms with Crippen LogP contribution in [0.25, 0.3) is 0 Å². The highest BCUT2D eigenvalue weighted by molar-refractivity contribution is 5.71. The molecule has 0 saturated heterocycles. The second-order valence-electron chi connectivity index (χ2n) is 19.5. The lowest BCUT2D eigenvalue weighted by Gasteiger charge is -2.18. The zero-order valence-electron chi connectivity index (χ0n) is 47.4. The number of hydrogen-bond acceptors (Lipinski definition) is 6. The molecule has 0 spiro atoms. The topological polar surface area (TPSA) is 78.9 Å². The van der Waals surface area contributed by atoms with Crippen LogP contribution in [-0.2, 0) is 28.6 Å². The molecule has 414 valence electrons. The first kappa shape index (κ1) is 68.8. The number of carbonyl (C=O) groups is 3. The van der Waals surface area contributed by atoms with Gasteiger partial charge in [-0.3, -0.25) is 14.4 Å². The zero-order valence-corrected chi connectivity index (χ0v) is 47.4. The highest BCUT2D eigenvalue weighted by Gasteiger charge is 2.19. The van der Waals surface area contributed by atoms with E-state index in [4.69, 9.17) is 14.2 Å². The fourth-order valence-electron chi connectivity index (χ4n) is 7.95. The van der Waals surface area contributed by atoms with E-state index in [-0.39, 0.29) is 37.5 Å². The minimum Gasteiger partial charge on any atom is -0.462 e. The van der Waals surface area contributed by atoms with E-state index in [2.05, 4.69) is 142 Å². The Morgan fingerprint density at radius 2 is 0.562 bits per heavy atom. The molecule has 1 unspecified atom stereocenters. The first-order chi connectivity index (χ1) is 36.0. The summed E-state index contributed by atoms with van der Waals surface area (Å²) in [5, 5.41) is 0. The standard InChI is InChI=1S/C67H110O6/c1-4-7-10-13-16-19-22-24-26-27-28-29-30-31-32-33-34-35-36-37-38-39-41-42-45-48-51-54-57-60-66(69)72-63-64(62-71-65(68)59-56-53-50-47-44-21-18-15-12-9-6-3)73-67(70)61-58-55-52-49-46-43-40-25-23-20-17-14-11-8-5-2/h7,10,15-16,18-19,24,26,28-29,31-32,34-35,37-38,41-42,48,51,64H,4-6,8-9,11-14,17,20-23,25,27,30,33,36,39-40,43-47,49-50,52-63H2,1-3H3/b10-7-,18-15-,19-16-,26-24-,29-28-,32-31-,35-34-,38-37-,42-41-,51-48-. The third-order valence-corrected chi connectivity index (χ3v) is 12.5. The van der Waals surface area contributed by atoms with E-state index in [1.54, 1.807) is 0 Å². The Hall–Kier alpha value is -4.19. The third kappa shape index (κ3) is 58.6. The molecule has 0 bridgehead atoms. The van der Waals surface area contributed by atoms with E-state index >= 15 is 0 Å². The first-order valence-electron chi connectivity index (χ1n) is 30.0. The largest absolute Gasteiger partial charge is 0.462 e. The van der Waals surface area contributed by atoms with Crippen molar-refractivity contribution in [3.63, 3.8) is 0 Å². The maximum atomic E-state index is 12.8. The maximum Gasteiger partial charge on any atom is 0.306 e. The van der Waals surface area contributed by atoms with Crippen molar-refractivity contribution >= 4 is 17.9 Å². The lowest BCUT2D eigenvalue weighted by Crippen LogP contribution is -2.30. The SMILES string of the molecule is CC/C=C\C/C=C\C/C=C\C/C=C\C/C=C\C/C=C\C/C=C\C/C=C\C/C=C\CCCC(=O)OCC(COC(=O)CCCCCCC/C=C\CCCC)OC(=O)CCCCCCCCCCCCCCCCC. The van der Waals surface area contributed by atoms with Gasteiger partial charge in [0.2, 0.25) is 0 Å². The average Bonchev–Trinajstić information content (AvgIpc) is 3.39. The first-order valence-corrected chi connectivity index (χ1v) is 30.0. The van der Waals surface area contributed by atoms with Crippen LogP contribution in [-0.4, -0.2) is 37.2 Å². The molecular weight excluding hydrogens is 901 g/mol. The van der Waals surface area contributed by atoms with Crippen LogP contribution in [0.2, 0.25) is 0 Å². The minimum absolute atomic E-state index is 0.101. The summed E-state index contributed by atoms with van der Waals surface area (Å²) in [6, 6.07) is 0. The van der Waals surface area contributed by atoms with Crippen LogP contribution in [0.3, 0.4) is 0 Å². The van der Waals surface area contributed by atoms with Crippen molar-refractivity contribution in [1.82, 2.24) is 0 Å². The van der Waals surface area contributed by atoms with Crippen molar-refractivity contribution in [2.45, 2.75) is 271 Å². The van der Waals surface area contributed by atoms with Gasteiger partial charge in [0, 0.05) is 19.3 Å². The highest BCUT2D eigenvalue weighted by Crippen LogP contribution is 2.15. The minimum atomic E-state index is -0.805. The van der Waals surface area contributed by atoms with E-state index in [0.717, 1.165) is 116 Å². The highest BCUT2D eigenvalue weighted by atomic mass is 16.6. The molecule has 0 radical (unpaired) electrons. The van der Waals surface area contributed by atoms with Crippen molar-refractivity contribution < 1.29 is 28.6 Å². The summed E-state index contributed by atoms with van der Waals surface area (Å²) < 4.78 is 16.8. The smallest absolute Gasteiger partial charge is 0.306 e. The van der Waals surface area contributed by atoms with Crippen LogP contribution in [0.15, 0.2) is 122 Å². The van der Waals surface area contributed by atoms with Gasteiger partial charge >= 0.3 is 17.9 Å². The molecule has 0 amide bonds. The van der Waals surface area contributed by atoms with Gasteiger partial charge in [-0.15, -0.1) is 0 Å². The normalized spacial score (nSPS) is 13.0. The summed E-state index contributed by atoms with van der Waals surface area (Å²) in [5.74, 6) is -0.970. The van der Waals surface area contributed by atoms with Gasteiger partial charge < -0.3 is 14.2 Å². The van der Waals surface area contributed by atoms with Crippen LogP contribution >= 0.6 is 0 Å². The quantitative estimate of drug-likeness (QED) is 0.0261. The van der Waals surface area contributed by atoms with Gasteiger partial charge in [-0.25, -0.2) is 0 Å². The second kappa shape index (κ2) is 60.4. The van der Waals surface area contributed by atoms with E-state index in [1.165, 1.54) is 103 Å². The van der Waals surface area contributed by atoms with Gasteiger partial charge in [0.25, 0.3) is 0 Å². The summed E-state index contributed by atoms with van der Waals surface area (Å²) in [6.45, 7) is 6.44. The second-order valence-corrected chi connectivity index (χ2v) is 19.5. The lowest BCUT2D eigenvalue weighted by atomic mass is 10.0. The summed E-state index contributed by atoms with van der Waals surface area (Å²) in [7, 11) is 0. The Morgan fingerprint density at radius 1 is 0.288 bits per heavy atom. The summed E-state index contributed by atoms with van der Waals surface area (Å²) in [4.78, 5) is 38.1. The number of ether oxygens (including phenoxy) is 3. The van der Waals surface area contributed by atoms with Gasteiger partial charge in [0.05, 0.1) is 0 Å². The number of unbranched alkanes of at least 4 members (excludes halogenated alkanes) is 22. The molecule has 0 heterocycles. The van der Waals surface area contributed by atoms with Crippen LogP contribution in [0.1, 0.15) is 265 Å². The molecule has 0 saturated carbocycles. The van der Waals surface area contributed by atoms with Gasteiger partial charge in [-0.05, 0) is 103 Å².